The molecule has 2 atom stereocenters. The molecule has 4 heterocycles. The molecule has 168 valence electrons. The van der Waals surface area contributed by atoms with Crippen molar-refractivity contribution in [1.29, 1.82) is 0 Å². The molecule has 1 N–H and O–H groups in total. The van der Waals surface area contributed by atoms with E-state index in [-0.39, 0.29) is 22.8 Å². The molecule has 1 aromatic carbocycles. The Morgan fingerprint density at radius 3 is 2.59 bits per heavy atom. The number of amides is 1. The van der Waals surface area contributed by atoms with E-state index < -0.39 is 15.9 Å². The lowest BCUT2D eigenvalue weighted by Crippen LogP contribution is -2.58. The Morgan fingerprint density at radius 1 is 1.16 bits per heavy atom. The van der Waals surface area contributed by atoms with Crippen LogP contribution in [0.5, 0.6) is 5.88 Å². The number of carboxylic acid groups (broad SMARTS) is 1. The maximum atomic E-state index is 11.8. The van der Waals surface area contributed by atoms with Crippen LogP contribution in [0.4, 0.5) is 4.79 Å². The van der Waals surface area contributed by atoms with Crippen molar-refractivity contribution >= 4 is 26.8 Å². The van der Waals surface area contributed by atoms with E-state index in [9.17, 15) is 18.3 Å². The minimum Gasteiger partial charge on any atom is -0.473 e. The summed E-state index contributed by atoms with van der Waals surface area (Å²) in [5, 5.41) is 10.1. The lowest BCUT2D eigenvalue weighted by atomic mass is 9.85. The van der Waals surface area contributed by atoms with Gasteiger partial charge >= 0.3 is 6.09 Å². The number of fused-ring (bicyclic) bond motifs is 3. The van der Waals surface area contributed by atoms with Crippen LogP contribution in [0.3, 0.4) is 0 Å². The monoisotopic (exact) mass is 458 g/mol. The van der Waals surface area contributed by atoms with Crippen molar-refractivity contribution in [1.82, 2.24) is 19.4 Å². The molecule has 0 saturated carbocycles. The van der Waals surface area contributed by atoms with Crippen LogP contribution in [0, 0.1) is 11.8 Å². The molecular formula is C21H22N4O6S. The first kappa shape index (κ1) is 20.7. The molecule has 2 aromatic heterocycles. The van der Waals surface area contributed by atoms with Gasteiger partial charge in [-0.15, -0.1) is 0 Å². The van der Waals surface area contributed by atoms with Gasteiger partial charge in [-0.3, -0.25) is 0 Å². The highest BCUT2D eigenvalue weighted by molar-refractivity contribution is 7.90. The minimum absolute atomic E-state index is 0.0705. The van der Waals surface area contributed by atoms with Crippen molar-refractivity contribution < 1.29 is 27.8 Å². The van der Waals surface area contributed by atoms with Gasteiger partial charge in [0.1, 0.15) is 18.2 Å². The summed E-state index contributed by atoms with van der Waals surface area (Å²) in [7, 11) is -3.29. The fraction of sp³-hybridized carbons (Fsp3) is 0.381. The van der Waals surface area contributed by atoms with Gasteiger partial charge in [0.05, 0.1) is 23.6 Å². The maximum absolute atomic E-state index is 11.8. The van der Waals surface area contributed by atoms with Crippen LogP contribution in [0.15, 0.2) is 47.8 Å². The van der Waals surface area contributed by atoms with Crippen LogP contribution in [0.25, 0.3) is 16.7 Å². The summed E-state index contributed by atoms with van der Waals surface area (Å²) in [6.45, 7) is 1.60. The Bertz CT molecular complexity index is 1280. The number of hydrogen-bond donors (Lipinski definition) is 1. The average Bonchev–Trinajstić information content (AvgIpc) is 3.16. The van der Waals surface area contributed by atoms with Crippen molar-refractivity contribution in [2.24, 2.45) is 11.8 Å². The zero-order chi connectivity index (χ0) is 22.5. The second-order valence-corrected chi connectivity index (χ2v) is 10.2. The molecule has 2 fully saturated rings. The molecule has 2 unspecified atom stereocenters. The van der Waals surface area contributed by atoms with Crippen LogP contribution < -0.4 is 4.74 Å². The molecule has 0 aliphatic carbocycles. The third-order valence-corrected chi connectivity index (χ3v) is 7.10. The molecule has 10 nitrogen and oxygen atoms in total. The molecule has 5 rings (SSSR count). The molecule has 0 radical (unpaired) electrons. The van der Waals surface area contributed by atoms with E-state index in [1.54, 1.807) is 24.3 Å². The molecule has 2 aliphatic rings. The normalized spacial score (nSPS) is 23.3. The van der Waals surface area contributed by atoms with Crippen LogP contribution in [-0.2, 0) is 14.6 Å². The Morgan fingerprint density at radius 2 is 1.91 bits per heavy atom. The van der Waals surface area contributed by atoms with Gasteiger partial charge in [0.2, 0.25) is 5.88 Å². The van der Waals surface area contributed by atoms with Gasteiger partial charge in [-0.2, -0.15) is 0 Å². The zero-order valence-electron chi connectivity index (χ0n) is 17.3. The van der Waals surface area contributed by atoms with Gasteiger partial charge in [-0.1, -0.05) is 0 Å². The Labute approximate surface area is 184 Å². The number of ether oxygens (including phenoxy) is 2. The van der Waals surface area contributed by atoms with Gasteiger partial charge in [-0.25, -0.2) is 23.2 Å². The number of hydrogen-bond acceptors (Lipinski definition) is 7. The van der Waals surface area contributed by atoms with Gasteiger partial charge < -0.3 is 24.0 Å². The topological polar surface area (TPSA) is 124 Å². The van der Waals surface area contributed by atoms with Crippen LogP contribution in [0.1, 0.15) is 0 Å². The minimum atomic E-state index is -3.29. The molecule has 3 aromatic rings. The fourth-order valence-electron chi connectivity index (χ4n) is 4.46. The summed E-state index contributed by atoms with van der Waals surface area (Å²) >= 11 is 0. The quantitative estimate of drug-likeness (QED) is 0.628. The van der Waals surface area contributed by atoms with Gasteiger partial charge in [0, 0.05) is 48.8 Å². The number of carbonyl (C=O) groups is 1. The highest BCUT2D eigenvalue weighted by Gasteiger charge is 2.43. The van der Waals surface area contributed by atoms with Crippen molar-refractivity contribution in [3.8, 4) is 11.7 Å². The molecular weight excluding hydrogens is 436 g/mol. The summed E-state index contributed by atoms with van der Waals surface area (Å²) < 4.78 is 37.4. The summed E-state index contributed by atoms with van der Waals surface area (Å²) in [5.41, 5.74) is 0.807. The third-order valence-electron chi connectivity index (χ3n) is 5.99. The molecule has 2 bridgehead atoms. The van der Waals surface area contributed by atoms with E-state index in [1.165, 1.54) is 17.5 Å². The fourth-order valence-corrected chi connectivity index (χ4v) is 5.12. The Hall–Kier alpha value is -3.18. The molecule has 11 heteroatoms. The zero-order valence-corrected chi connectivity index (χ0v) is 18.1. The second-order valence-electron chi connectivity index (χ2n) is 8.22. The Balaban J connectivity index is 1.42. The van der Waals surface area contributed by atoms with Crippen molar-refractivity contribution in [2.45, 2.75) is 11.0 Å². The van der Waals surface area contributed by atoms with Crippen molar-refractivity contribution in [3.05, 3.63) is 42.9 Å². The SMILES string of the molecule is CS(=O)(=O)c1ccc2c(ccn2-c2cc(OC3C4COCC3CN(C(=O)O)C4)ncn2)c1. The number of aromatic nitrogens is 3. The smallest absolute Gasteiger partial charge is 0.407 e. The molecule has 2 aliphatic heterocycles. The predicted molar refractivity (Wildman–Crippen MR) is 114 cm³/mol. The molecule has 32 heavy (non-hydrogen) atoms. The second kappa shape index (κ2) is 7.75. The van der Waals surface area contributed by atoms with E-state index in [4.69, 9.17) is 9.47 Å². The first-order valence-corrected chi connectivity index (χ1v) is 12.0. The largest absolute Gasteiger partial charge is 0.473 e. The molecule has 2 saturated heterocycles. The standard InChI is InChI=1S/C21H22N4O6S/c1-32(28,29)16-2-3-17-13(6-16)4-5-25(17)18-7-19(23-12-22-18)31-20-14-8-24(21(26)27)9-15(20)11-30-10-14/h2-7,12,14-15,20H,8-11H2,1H3,(H,26,27). The number of benzene rings is 1. The lowest BCUT2D eigenvalue weighted by molar-refractivity contribution is -0.108. The summed E-state index contributed by atoms with van der Waals surface area (Å²) in [5.74, 6) is 0.842. The molecule has 0 spiro atoms. The van der Waals surface area contributed by atoms with Crippen LogP contribution in [0.2, 0.25) is 0 Å². The van der Waals surface area contributed by atoms with Crippen LogP contribution >= 0.6 is 0 Å². The summed E-state index contributed by atoms with van der Waals surface area (Å²) in [6.07, 6.45) is 3.29. The molecule has 1 amide bonds. The first-order chi connectivity index (χ1) is 15.3. The van der Waals surface area contributed by atoms with Crippen molar-refractivity contribution in [3.63, 3.8) is 0 Å². The first-order valence-electron chi connectivity index (χ1n) is 10.2. The van der Waals surface area contributed by atoms with E-state index in [1.807, 2.05) is 16.8 Å². The van der Waals surface area contributed by atoms with E-state index in [0.29, 0.717) is 38.0 Å². The number of nitrogens with zero attached hydrogens (tertiary/aromatic N) is 4. The lowest BCUT2D eigenvalue weighted by Gasteiger charge is -2.45. The van der Waals surface area contributed by atoms with Crippen LogP contribution in [-0.4, -0.2) is 77.7 Å². The number of likely N-dealkylation sites (tertiary alicyclic amines) is 1. The Kier molecular flexibility index (Phi) is 5.01. The van der Waals surface area contributed by atoms with Gasteiger partial charge in [0.15, 0.2) is 9.84 Å². The maximum Gasteiger partial charge on any atom is 0.407 e. The van der Waals surface area contributed by atoms with E-state index in [0.717, 1.165) is 10.9 Å². The highest BCUT2D eigenvalue weighted by Crippen LogP contribution is 2.31. The number of piperidine rings is 1. The highest BCUT2D eigenvalue weighted by atomic mass is 32.2. The third kappa shape index (κ3) is 3.78. The summed E-state index contributed by atoms with van der Waals surface area (Å²) in [6, 6.07) is 8.51. The average molecular weight is 458 g/mol. The van der Waals surface area contributed by atoms with Gasteiger partial charge in [-0.05, 0) is 24.3 Å². The summed E-state index contributed by atoms with van der Waals surface area (Å²) in [4.78, 5) is 21.7. The van der Waals surface area contributed by atoms with Crippen molar-refractivity contribution in [2.75, 3.05) is 32.6 Å². The number of rotatable bonds is 4. The predicted octanol–water partition coefficient (Wildman–Crippen LogP) is 1.83. The van der Waals surface area contributed by atoms with Gasteiger partial charge in [0.25, 0.3) is 0 Å². The van der Waals surface area contributed by atoms with E-state index >= 15 is 0 Å². The van der Waals surface area contributed by atoms with E-state index in [2.05, 4.69) is 9.97 Å². The number of sulfone groups is 1.